The summed E-state index contributed by atoms with van der Waals surface area (Å²) in [4.78, 5) is 9.16. The second-order valence-corrected chi connectivity index (χ2v) is 6.54. The molecule has 6 heteroatoms. The summed E-state index contributed by atoms with van der Waals surface area (Å²) in [7, 11) is -3.55. The van der Waals surface area contributed by atoms with Crippen molar-refractivity contribution in [3.05, 3.63) is 35.9 Å². The Hall–Kier alpha value is -1.56. The third-order valence-electron chi connectivity index (χ3n) is 2.57. The molecule has 0 spiro atoms. The van der Waals surface area contributed by atoms with Gasteiger partial charge in [-0.2, -0.15) is 0 Å². The average molecular weight is 257 g/mol. The van der Waals surface area contributed by atoms with Crippen LogP contribution >= 0.6 is 0 Å². The first kappa shape index (κ1) is 13.5. The standard InChI is InChI=1S/C11H15NO4S/c1-11(12-10(13)14,17(2,15)16)8-9-6-4-3-5-7-9/h3-7,12H,8H2,1-2H3,(H,13,14). The third kappa shape index (κ3) is 3.45. The summed E-state index contributed by atoms with van der Waals surface area (Å²) in [5.74, 6) is 0. The molecule has 0 aliphatic carbocycles. The second-order valence-electron chi connectivity index (χ2n) is 4.10. The van der Waals surface area contributed by atoms with Gasteiger partial charge in [-0.15, -0.1) is 0 Å². The second kappa shape index (κ2) is 4.75. The highest BCUT2D eigenvalue weighted by molar-refractivity contribution is 7.92. The Morgan fingerprint density at radius 1 is 1.35 bits per heavy atom. The number of amides is 1. The van der Waals surface area contributed by atoms with E-state index in [1.165, 1.54) is 6.92 Å². The van der Waals surface area contributed by atoms with Crippen molar-refractivity contribution >= 4 is 15.9 Å². The fourth-order valence-corrected chi connectivity index (χ4v) is 2.18. The van der Waals surface area contributed by atoms with E-state index < -0.39 is 20.8 Å². The van der Waals surface area contributed by atoms with Crippen LogP contribution in [0.5, 0.6) is 0 Å². The maximum Gasteiger partial charge on any atom is 0.405 e. The first-order chi connectivity index (χ1) is 7.74. The minimum Gasteiger partial charge on any atom is -0.465 e. The van der Waals surface area contributed by atoms with Crippen molar-refractivity contribution in [2.24, 2.45) is 0 Å². The quantitative estimate of drug-likeness (QED) is 0.850. The van der Waals surface area contributed by atoms with Gasteiger partial charge in [0.25, 0.3) is 0 Å². The van der Waals surface area contributed by atoms with Crippen LogP contribution in [-0.2, 0) is 16.3 Å². The van der Waals surface area contributed by atoms with Crippen LogP contribution < -0.4 is 5.32 Å². The van der Waals surface area contributed by atoms with Gasteiger partial charge in [0.15, 0.2) is 9.84 Å². The predicted octanol–water partition coefficient (Wildman–Crippen LogP) is 1.26. The van der Waals surface area contributed by atoms with Crippen molar-refractivity contribution in [1.82, 2.24) is 5.32 Å². The minimum atomic E-state index is -3.55. The van der Waals surface area contributed by atoms with Crippen LogP contribution in [0.2, 0.25) is 0 Å². The first-order valence-electron chi connectivity index (χ1n) is 4.99. The number of hydrogen-bond donors (Lipinski definition) is 2. The van der Waals surface area contributed by atoms with Gasteiger partial charge in [-0.05, 0) is 12.5 Å². The number of nitrogens with one attached hydrogen (secondary N) is 1. The van der Waals surface area contributed by atoms with Crippen LogP contribution in [0.3, 0.4) is 0 Å². The van der Waals surface area contributed by atoms with Gasteiger partial charge in [0, 0.05) is 12.7 Å². The van der Waals surface area contributed by atoms with Gasteiger partial charge >= 0.3 is 6.09 Å². The van der Waals surface area contributed by atoms with Crippen LogP contribution in [-0.4, -0.2) is 30.7 Å². The number of hydrogen-bond acceptors (Lipinski definition) is 3. The average Bonchev–Trinajstić information content (AvgIpc) is 2.15. The number of rotatable bonds is 4. The van der Waals surface area contributed by atoms with Crippen LogP contribution in [0.25, 0.3) is 0 Å². The van der Waals surface area contributed by atoms with E-state index in [0.717, 1.165) is 11.8 Å². The van der Waals surface area contributed by atoms with Gasteiger partial charge in [0.05, 0.1) is 0 Å². The number of carboxylic acid groups (broad SMARTS) is 1. The molecule has 0 bridgehead atoms. The highest BCUT2D eigenvalue weighted by atomic mass is 32.2. The van der Waals surface area contributed by atoms with Gasteiger partial charge in [0.2, 0.25) is 0 Å². The highest BCUT2D eigenvalue weighted by Crippen LogP contribution is 2.19. The molecule has 0 aliphatic heterocycles. The van der Waals surface area contributed by atoms with E-state index >= 15 is 0 Å². The van der Waals surface area contributed by atoms with Crippen molar-refractivity contribution in [2.45, 2.75) is 18.2 Å². The fourth-order valence-electron chi connectivity index (χ4n) is 1.48. The predicted molar refractivity (Wildman–Crippen MR) is 64.6 cm³/mol. The fraction of sp³-hybridized carbons (Fsp3) is 0.364. The molecule has 1 aromatic carbocycles. The first-order valence-corrected chi connectivity index (χ1v) is 6.88. The van der Waals surface area contributed by atoms with E-state index in [4.69, 9.17) is 5.11 Å². The summed E-state index contributed by atoms with van der Waals surface area (Å²) in [6.45, 7) is 1.36. The van der Waals surface area contributed by atoms with Crippen LogP contribution in [0.1, 0.15) is 12.5 Å². The summed E-state index contributed by atoms with van der Waals surface area (Å²) in [5.41, 5.74) is 0.758. The van der Waals surface area contributed by atoms with Crippen LogP contribution in [0, 0.1) is 0 Å². The summed E-state index contributed by atoms with van der Waals surface area (Å²) in [5, 5.41) is 10.8. The highest BCUT2D eigenvalue weighted by Gasteiger charge is 2.37. The van der Waals surface area contributed by atoms with E-state index in [-0.39, 0.29) is 6.42 Å². The van der Waals surface area contributed by atoms with Gasteiger partial charge in [-0.25, -0.2) is 13.2 Å². The molecule has 0 saturated heterocycles. The largest absolute Gasteiger partial charge is 0.465 e. The van der Waals surface area contributed by atoms with Crippen molar-refractivity contribution in [3.63, 3.8) is 0 Å². The molecule has 1 rings (SSSR count). The lowest BCUT2D eigenvalue weighted by molar-refractivity contribution is 0.187. The van der Waals surface area contributed by atoms with E-state index in [0.29, 0.717) is 0 Å². The molecular weight excluding hydrogens is 242 g/mol. The molecule has 1 atom stereocenters. The Morgan fingerprint density at radius 2 is 1.88 bits per heavy atom. The number of benzene rings is 1. The van der Waals surface area contributed by atoms with Crippen molar-refractivity contribution in [1.29, 1.82) is 0 Å². The Bertz CT molecular complexity index is 497. The molecule has 0 aromatic heterocycles. The van der Waals surface area contributed by atoms with Gasteiger partial charge in [-0.1, -0.05) is 30.3 Å². The monoisotopic (exact) mass is 257 g/mol. The normalized spacial score (nSPS) is 14.9. The molecule has 0 aliphatic rings. The zero-order valence-electron chi connectivity index (χ0n) is 9.67. The van der Waals surface area contributed by atoms with Crippen LogP contribution in [0.4, 0.5) is 4.79 Å². The number of sulfone groups is 1. The maximum atomic E-state index is 11.7. The molecule has 1 unspecified atom stereocenters. The van der Waals surface area contributed by atoms with E-state index in [1.807, 2.05) is 6.07 Å². The lowest BCUT2D eigenvalue weighted by atomic mass is 10.1. The van der Waals surface area contributed by atoms with Crippen LogP contribution in [0.15, 0.2) is 30.3 Å². The van der Waals surface area contributed by atoms with Crippen molar-refractivity contribution in [3.8, 4) is 0 Å². The summed E-state index contributed by atoms with van der Waals surface area (Å²) in [6, 6.07) is 8.88. The third-order valence-corrected chi connectivity index (χ3v) is 4.46. The SMILES string of the molecule is CC(Cc1ccccc1)(NC(=O)O)S(C)(=O)=O. The molecule has 0 saturated carbocycles. The molecule has 5 nitrogen and oxygen atoms in total. The van der Waals surface area contributed by atoms with E-state index in [9.17, 15) is 13.2 Å². The lowest BCUT2D eigenvalue weighted by Gasteiger charge is -2.27. The molecule has 0 fully saturated rings. The summed E-state index contributed by atoms with van der Waals surface area (Å²) >= 11 is 0. The molecule has 2 N–H and O–H groups in total. The summed E-state index contributed by atoms with van der Waals surface area (Å²) in [6.07, 6.45) is -0.237. The van der Waals surface area contributed by atoms with E-state index in [1.54, 1.807) is 24.3 Å². The Morgan fingerprint density at radius 3 is 2.29 bits per heavy atom. The van der Waals surface area contributed by atoms with Gasteiger partial charge in [0.1, 0.15) is 4.87 Å². The number of carbonyl (C=O) groups is 1. The zero-order chi connectivity index (χ0) is 13.1. The molecule has 94 valence electrons. The summed E-state index contributed by atoms with van der Waals surface area (Å²) < 4.78 is 23.3. The van der Waals surface area contributed by atoms with Crippen molar-refractivity contribution < 1.29 is 18.3 Å². The Labute approximate surface area is 100 Å². The maximum absolute atomic E-state index is 11.7. The minimum absolute atomic E-state index is 0.0962. The van der Waals surface area contributed by atoms with Crippen molar-refractivity contribution in [2.75, 3.05) is 6.26 Å². The lowest BCUT2D eigenvalue weighted by Crippen LogP contribution is -2.52. The topological polar surface area (TPSA) is 83.5 Å². The molecule has 0 heterocycles. The molecule has 1 amide bonds. The molecular formula is C11H15NO4S. The zero-order valence-corrected chi connectivity index (χ0v) is 10.5. The Kier molecular flexibility index (Phi) is 3.77. The Balaban J connectivity index is 3.05. The smallest absolute Gasteiger partial charge is 0.405 e. The van der Waals surface area contributed by atoms with Gasteiger partial charge in [-0.3, -0.25) is 0 Å². The molecule has 0 radical (unpaired) electrons. The van der Waals surface area contributed by atoms with Gasteiger partial charge < -0.3 is 10.4 Å². The van der Waals surface area contributed by atoms with E-state index in [2.05, 4.69) is 5.32 Å². The molecule has 1 aromatic rings. The molecule has 17 heavy (non-hydrogen) atoms.